The number of nitrogens with one attached hydrogen (secondary N) is 1. The van der Waals surface area contributed by atoms with E-state index in [0.29, 0.717) is 6.42 Å². The molecule has 0 radical (unpaired) electrons. The zero-order valence-corrected chi connectivity index (χ0v) is 10.8. The third-order valence-corrected chi connectivity index (χ3v) is 3.17. The Morgan fingerprint density at radius 3 is 2.59 bits per heavy atom. The fourth-order valence-corrected chi connectivity index (χ4v) is 1.92. The minimum Gasteiger partial charge on any atom is -0.481 e. The zero-order chi connectivity index (χ0) is 12.8. The molecule has 0 saturated heterocycles. The molecule has 1 aromatic carbocycles. The van der Waals surface area contributed by atoms with Crippen LogP contribution in [0.1, 0.15) is 42.0 Å². The summed E-state index contributed by atoms with van der Waals surface area (Å²) in [5, 5.41) is 11.9. The Labute approximate surface area is 103 Å². The molecule has 2 N–H and O–H groups in total. The molecule has 3 nitrogen and oxygen atoms in total. The van der Waals surface area contributed by atoms with Gasteiger partial charge < -0.3 is 10.4 Å². The molecule has 1 atom stereocenters. The van der Waals surface area contributed by atoms with Gasteiger partial charge in [0.1, 0.15) is 0 Å². The molecule has 1 rings (SSSR count). The first kappa shape index (κ1) is 13.7. The van der Waals surface area contributed by atoms with E-state index in [4.69, 9.17) is 5.11 Å². The van der Waals surface area contributed by atoms with Crippen molar-refractivity contribution in [2.75, 3.05) is 7.05 Å². The molecule has 0 aliphatic rings. The largest absolute Gasteiger partial charge is 0.481 e. The van der Waals surface area contributed by atoms with Crippen LogP contribution in [0.4, 0.5) is 0 Å². The van der Waals surface area contributed by atoms with Crippen molar-refractivity contribution in [3.8, 4) is 0 Å². The number of benzene rings is 1. The Morgan fingerprint density at radius 2 is 2.06 bits per heavy atom. The number of carboxylic acids is 1. The SMILES string of the molecule is CNC(CCCC(=O)O)c1ccc(C)c(C)c1. The van der Waals surface area contributed by atoms with Gasteiger partial charge in [0.25, 0.3) is 0 Å². The lowest BCUT2D eigenvalue weighted by atomic mass is 9.97. The lowest BCUT2D eigenvalue weighted by molar-refractivity contribution is -0.137. The summed E-state index contributed by atoms with van der Waals surface area (Å²) in [5.41, 5.74) is 3.80. The van der Waals surface area contributed by atoms with E-state index in [0.717, 1.165) is 6.42 Å². The highest BCUT2D eigenvalue weighted by atomic mass is 16.4. The van der Waals surface area contributed by atoms with Crippen LogP contribution in [0.5, 0.6) is 0 Å². The van der Waals surface area contributed by atoms with Crippen LogP contribution in [0, 0.1) is 13.8 Å². The molecule has 94 valence electrons. The van der Waals surface area contributed by atoms with Crippen molar-refractivity contribution in [3.05, 3.63) is 34.9 Å². The number of hydrogen-bond acceptors (Lipinski definition) is 2. The molecule has 0 fully saturated rings. The summed E-state index contributed by atoms with van der Waals surface area (Å²) in [7, 11) is 1.92. The zero-order valence-electron chi connectivity index (χ0n) is 10.8. The fraction of sp³-hybridized carbons (Fsp3) is 0.500. The van der Waals surface area contributed by atoms with Gasteiger partial charge in [0, 0.05) is 12.5 Å². The van der Waals surface area contributed by atoms with E-state index in [1.807, 2.05) is 7.05 Å². The summed E-state index contributed by atoms with van der Waals surface area (Å²) < 4.78 is 0. The van der Waals surface area contributed by atoms with Gasteiger partial charge in [-0.05, 0) is 50.4 Å². The summed E-state index contributed by atoms with van der Waals surface area (Å²) >= 11 is 0. The molecular formula is C14H21NO2. The van der Waals surface area contributed by atoms with Crippen molar-refractivity contribution in [1.82, 2.24) is 5.32 Å². The summed E-state index contributed by atoms with van der Waals surface area (Å²) in [6.45, 7) is 4.20. The maximum atomic E-state index is 10.5. The van der Waals surface area contributed by atoms with Crippen molar-refractivity contribution in [2.24, 2.45) is 0 Å². The molecule has 0 amide bonds. The topological polar surface area (TPSA) is 49.3 Å². The molecule has 17 heavy (non-hydrogen) atoms. The van der Waals surface area contributed by atoms with Gasteiger partial charge in [0.05, 0.1) is 0 Å². The lowest BCUT2D eigenvalue weighted by Gasteiger charge is -2.17. The first-order valence-electron chi connectivity index (χ1n) is 6.00. The van der Waals surface area contributed by atoms with Crippen molar-refractivity contribution in [3.63, 3.8) is 0 Å². The van der Waals surface area contributed by atoms with Gasteiger partial charge in [-0.2, -0.15) is 0 Å². The van der Waals surface area contributed by atoms with Gasteiger partial charge >= 0.3 is 5.97 Å². The number of aliphatic carboxylic acids is 1. The van der Waals surface area contributed by atoms with E-state index in [1.165, 1.54) is 16.7 Å². The fourth-order valence-electron chi connectivity index (χ4n) is 1.92. The standard InChI is InChI=1S/C14H21NO2/c1-10-7-8-12(9-11(10)2)13(15-3)5-4-6-14(16)17/h7-9,13,15H,4-6H2,1-3H3,(H,16,17). The molecule has 0 heterocycles. The molecule has 3 heteroatoms. The van der Waals surface area contributed by atoms with Crippen LogP contribution in [0.2, 0.25) is 0 Å². The first-order chi connectivity index (χ1) is 8.04. The van der Waals surface area contributed by atoms with Crippen LogP contribution in [-0.4, -0.2) is 18.1 Å². The molecule has 0 aliphatic carbocycles. The lowest BCUT2D eigenvalue weighted by Crippen LogP contribution is -2.17. The quantitative estimate of drug-likeness (QED) is 0.797. The van der Waals surface area contributed by atoms with Gasteiger partial charge in [0.15, 0.2) is 0 Å². The Bertz CT molecular complexity index is 388. The van der Waals surface area contributed by atoms with Gasteiger partial charge in [0.2, 0.25) is 0 Å². The second kappa shape index (κ2) is 6.40. The molecule has 1 unspecified atom stereocenters. The molecule has 0 saturated carbocycles. The summed E-state index contributed by atoms with van der Waals surface area (Å²) in [4.78, 5) is 10.5. The number of aryl methyl sites for hydroxylation is 2. The second-order valence-corrected chi connectivity index (χ2v) is 4.47. The van der Waals surface area contributed by atoms with Crippen LogP contribution < -0.4 is 5.32 Å². The Kier molecular flexibility index (Phi) is 5.16. The third-order valence-electron chi connectivity index (χ3n) is 3.17. The van der Waals surface area contributed by atoms with Crippen molar-refractivity contribution in [2.45, 2.75) is 39.2 Å². The van der Waals surface area contributed by atoms with Crippen LogP contribution in [0.15, 0.2) is 18.2 Å². The Morgan fingerprint density at radius 1 is 1.35 bits per heavy atom. The number of carboxylic acid groups (broad SMARTS) is 1. The maximum Gasteiger partial charge on any atom is 0.303 e. The van der Waals surface area contributed by atoms with Crippen LogP contribution >= 0.6 is 0 Å². The average Bonchev–Trinajstić information content (AvgIpc) is 2.28. The molecule has 0 bridgehead atoms. The van der Waals surface area contributed by atoms with Crippen LogP contribution in [-0.2, 0) is 4.79 Å². The van der Waals surface area contributed by atoms with E-state index < -0.39 is 5.97 Å². The highest BCUT2D eigenvalue weighted by molar-refractivity contribution is 5.66. The van der Waals surface area contributed by atoms with Gasteiger partial charge in [-0.3, -0.25) is 4.79 Å². The van der Waals surface area contributed by atoms with Gasteiger partial charge in [-0.1, -0.05) is 18.2 Å². The van der Waals surface area contributed by atoms with Crippen molar-refractivity contribution in [1.29, 1.82) is 0 Å². The van der Waals surface area contributed by atoms with Gasteiger partial charge in [-0.15, -0.1) is 0 Å². The predicted octanol–water partition coefficient (Wildman–Crippen LogP) is 2.82. The van der Waals surface area contributed by atoms with E-state index in [1.54, 1.807) is 0 Å². The van der Waals surface area contributed by atoms with E-state index >= 15 is 0 Å². The number of rotatable bonds is 6. The highest BCUT2D eigenvalue weighted by Gasteiger charge is 2.10. The first-order valence-corrected chi connectivity index (χ1v) is 6.00. The van der Waals surface area contributed by atoms with E-state index in [2.05, 4.69) is 37.4 Å². The van der Waals surface area contributed by atoms with Crippen molar-refractivity contribution < 1.29 is 9.90 Å². The highest BCUT2D eigenvalue weighted by Crippen LogP contribution is 2.21. The van der Waals surface area contributed by atoms with Crippen LogP contribution in [0.25, 0.3) is 0 Å². The Hall–Kier alpha value is -1.35. The minimum atomic E-state index is -0.722. The van der Waals surface area contributed by atoms with E-state index in [-0.39, 0.29) is 12.5 Å². The summed E-state index contributed by atoms with van der Waals surface area (Å²) in [6.07, 6.45) is 1.79. The maximum absolute atomic E-state index is 10.5. The van der Waals surface area contributed by atoms with Crippen molar-refractivity contribution >= 4 is 5.97 Å². The smallest absolute Gasteiger partial charge is 0.303 e. The number of hydrogen-bond donors (Lipinski definition) is 2. The predicted molar refractivity (Wildman–Crippen MR) is 69.2 cm³/mol. The second-order valence-electron chi connectivity index (χ2n) is 4.47. The summed E-state index contributed by atoms with van der Waals surface area (Å²) in [6, 6.07) is 6.65. The normalized spacial score (nSPS) is 12.4. The molecule has 0 aliphatic heterocycles. The molecular weight excluding hydrogens is 214 g/mol. The monoisotopic (exact) mass is 235 g/mol. The molecule has 0 spiro atoms. The average molecular weight is 235 g/mol. The molecule has 1 aromatic rings. The van der Waals surface area contributed by atoms with Gasteiger partial charge in [-0.25, -0.2) is 0 Å². The third kappa shape index (κ3) is 4.19. The molecule has 0 aromatic heterocycles. The van der Waals surface area contributed by atoms with E-state index in [9.17, 15) is 4.79 Å². The number of carbonyl (C=O) groups is 1. The van der Waals surface area contributed by atoms with Crippen LogP contribution in [0.3, 0.4) is 0 Å². The minimum absolute atomic E-state index is 0.239. The Balaban J connectivity index is 2.65. The summed E-state index contributed by atoms with van der Waals surface area (Å²) in [5.74, 6) is -0.722.